The van der Waals surface area contributed by atoms with E-state index in [0.717, 1.165) is 16.9 Å². The first-order valence-electron chi connectivity index (χ1n) is 7.00. The number of aryl methyl sites for hydroxylation is 1. The summed E-state index contributed by atoms with van der Waals surface area (Å²) in [5, 5.41) is 6.21. The lowest BCUT2D eigenvalue weighted by Crippen LogP contribution is -2.14. The second-order valence-electron chi connectivity index (χ2n) is 5.40. The summed E-state index contributed by atoms with van der Waals surface area (Å²) in [6.07, 6.45) is 0. The number of hydrogen-bond acceptors (Lipinski definition) is 3. The molecule has 0 bridgehead atoms. The number of nitrogens with two attached hydrogens (primary N) is 1. The van der Waals surface area contributed by atoms with E-state index in [1.165, 1.54) is 0 Å². The largest absolute Gasteiger partial charge is 0.399 e. The van der Waals surface area contributed by atoms with Gasteiger partial charge in [-0.1, -0.05) is 6.07 Å². The number of amides is 1. The average molecular weight is 283 g/mol. The van der Waals surface area contributed by atoms with Gasteiger partial charge in [-0.25, -0.2) is 0 Å². The van der Waals surface area contributed by atoms with E-state index in [2.05, 4.69) is 24.5 Å². The monoisotopic (exact) mass is 283 g/mol. The molecule has 2 rings (SSSR count). The summed E-state index contributed by atoms with van der Waals surface area (Å²) in [6.45, 7) is 6.16. The molecule has 0 aromatic heterocycles. The van der Waals surface area contributed by atoms with Crippen LogP contribution in [0.2, 0.25) is 0 Å². The molecule has 0 fully saturated rings. The topological polar surface area (TPSA) is 67.2 Å². The number of benzene rings is 2. The Morgan fingerprint density at radius 2 is 1.76 bits per heavy atom. The summed E-state index contributed by atoms with van der Waals surface area (Å²) in [5.74, 6) is -0.133. The molecule has 4 heteroatoms. The molecule has 0 saturated heterocycles. The molecule has 0 atom stereocenters. The first kappa shape index (κ1) is 14.9. The predicted molar refractivity (Wildman–Crippen MR) is 88.7 cm³/mol. The van der Waals surface area contributed by atoms with Gasteiger partial charge in [0, 0.05) is 28.7 Å². The third kappa shape index (κ3) is 3.99. The minimum atomic E-state index is -0.133. The van der Waals surface area contributed by atoms with Gasteiger partial charge in [-0.15, -0.1) is 0 Å². The van der Waals surface area contributed by atoms with Crippen molar-refractivity contribution in [3.63, 3.8) is 0 Å². The lowest BCUT2D eigenvalue weighted by Gasteiger charge is -2.14. The first-order valence-corrected chi connectivity index (χ1v) is 7.00. The second-order valence-corrected chi connectivity index (χ2v) is 5.40. The summed E-state index contributed by atoms with van der Waals surface area (Å²) in [4.78, 5) is 12.3. The van der Waals surface area contributed by atoms with Crippen molar-refractivity contribution in [3.05, 3.63) is 53.6 Å². The van der Waals surface area contributed by atoms with Crippen molar-refractivity contribution >= 4 is 23.0 Å². The summed E-state index contributed by atoms with van der Waals surface area (Å²) in [7, 11) is 0. The highest BCUT2D eigenvalue weighted by Gasteiger charge is 2.09. The van der Waals surface area contributed by atoms with Crippen LogP contribution in [0.1, 0.15) is 29.8 Å². The Labute approximate surface area is 125 Å². The average Bonchev–Trinajstić information content (AvgIpc) is 2.43. The standard InChI is InChI=1S/C17H21N3O/c1-11(2)19-16-10-13(5-4-12(16)3)17(21)20-15-8-6-14(18)7-9-15/h4-11,19H,18H2,1-3H3,(H,20,21). The number of hydrogen-bond donors (Lipinski definition) is 3. The summed E-state index contributed by atoms with van der Waals surface area (Å²) in [6, 6.07) is 13.1. The zero-order chi connectivity index (χ0) is 15.4. The molecule has 2 aromatic rings. The van der Waals surface area contributed by atoms with Crippen LogP contribution in [0.15, 0.2) is 42.5 Å². The zero-order valence-electron chi connectivity index (χ0n) is 12.6. The van der Waals surface area contributed by atoms with Gasteiger partial charge in [0.25, 0.3) is 5.91 Å². The number of nitrogen functional groups attached to an aromatic ring is 1. The van der Waals surface area contributed by atoms with Gasteiger partial charge in [-0.3, -0.25) is 4.79 Å². The third-order valence-corrected chi connectivity index (χ3v) is 3.11. The van der Waals surface area contributed by atoms with Crippen LogP contribution in [-0.4, -0.2) is 11.9 Å². The van der Waals surface area contributed by atoms with E-state index in [9.17, 15) is 4.79 Å². The lowest BCUT2D eigenvalue weighted by atomic mass is 10.1. The minimum absolute atomic E-state index is 0.133. The molecule has 0 aliphatic rings. The van der Waals surface area contributed by atoms with Crippen molar-refractivity contribution < 1.29 is 4.79 Å². The SMILES string of the molecule is Cc1ccc(C(=O)Nc2ccc(N)cc2)cc1NC(C)C. The van der Waals surface area contributed by atoms with Crippen molar-refractivity contribution in [2.24, 2.45) is 0 Å². The summed E-state index contributed by atoms with van der Waals surface area (Å²) < 4.78 is 0. The van der Waals surface area contributed by atoms with Crippen molar-refractivity contribution in [1.29, 1.82) is 0 Å². The molecule has 110 valence electrons. The normalized spacial score (nSPS) is 10.5. The van der Waals surface area contributed by atoms with E-state index in [4.69, 9.17) is 5.73 Å². The van der Waals surface area contributed by atoms with Crippen LogP contribution in [0.5, 0.6) is 0 Å². The van der Waals surface area contributed by atoms with E-state index in [1.807, 2.05) is 25.1 Å². The molecular formula is C17H21N3O. The minimum Gasteiger partial charge on any atom is -0.399 e. The maximum atomic E-state index is 12.3. The molecule has 4 N–H and O–H groups in total. The van der Waals surface area contributed by atoms with Gasteiger partial charge in [0.1, 0.15) is 0 Å². The fourth-order valence-corrected chi connectivity index (χ4v) is 2.00. The Hall–Kier alpha value is -2.49. The molecule has 2 aromatic carbocycles. The van der Waals surface area contributed by atoms with Crippen molar-refractivity contribution in [3.8, 4) is 0 Å². The molecule has 0 unspecified atom stereocenters. The fourth-order valence-electron chi connectivity index (χ4n) is 2.00. The van der Waals surface area contributed by atoms with Gasteiger partial charge in [-0.05, 0) is 62.7 Å². The highest BCUT2D eigenvalue weighted by atomic mass is 16.1. The van der Waals surface area contributed by atoms with Crippen LogP contribution in [0.25, 0.3) is 0 Å². The quantitative estimate of drug-likeness (QED) is 0.750. The maximum absolute atomic E-state index is 12.3. The summed E-state index contributed by atoms with van der Waals surface area (Å²) in [5.41, 5.74) is 9.76. The number of rotatable bonds is 4. The molecule has 0 aliphatic heterocycles. The predicted octanol–water partition coefficient (Wildman–Crippen LogP) is 3.65. The second kappa shape index (κ2) is 6.31. The van der Waals surface area contributed by atoms with Gasteiger partial charge in [0.2, 0.25) is 0 Å². The molecule has 4 nitrogen and oxygen atoms in total. The van der Waals surface area contributed by atoms with Crippen LogP contribution in [0.4, 0.5) is 17.1 Å². The highest BCUT2D eigenvalue weighted by molar-refractivity contribution is 6.05. The molecule has 0 aliphatic carbocycles. The fraction of sp³-hybridized carbons (Fsp3) is 0.235. The van der Waals surface area contributed by atoms with E-state index in [1.54, 1.807) is 24.3 Å². The van der Waals surface area contributed by atoms with Crippen LogP contribution < -0.4 is 16.4 Å². The van der Waals surface area contributed by atoms with Crippen LogP contribution in [-0.2, 0) is 0 Å². The van der Waals surface area contributed by atoms with Gasteiger partial charge in [0.05, 0.1) is 0 Å². The first-order chi connectivity index (χ1) is 9.95. The van der Waals surface area contributed by atoms with Gasteiger partial charge >= 0.3 is 0 Å². The van der Waals surface area contributed by atoms with Gasteiger partial charge in [-0.2, -0.15) is 0 Å². The molecule has 1 amide bonds. The zero-order valence-corrected chi connectivity index (χ0v) is 12.6. The molecule has 0 saturated carbocycles. The smallest absolute Gasteiger partial charge is 0.255 e. The van der Waals surface area contributed by atoms with Crippen LogP contribution in [0, 0.1) is 6.92 Å². The molecule has 0 spiro atoms. The Morgan fingerprint density at radius 1 is 1.10 bits per heavy atom. The number of anilines is 3. The van der Waals surface area contributed by atoms with Gasteiger partial charge in [0.15, 0.2) is 0 Å². The Kier molecular flexibility index (Phi) is 4.48. The number of carbonyl (C=O) groups is 1. The lowest BCUT2D eigenvalue weighted by molar-refractivity contribution is 0.102. The Bertz CT molecular complexity index is 633. The van der Waals surface area contributed by atoms with Crippen LogP contribution in [0.3, 0.4) is 0 Å². The van der Waals surface area contributed by atoms with E-state index in [0.29, 0.717) is 17.3 Å². The molecule has 21 heavy (non-hydrogen) atoms. The van der Waals surface area contributed by atoms with E-state index < -0.39 is 0 Å². The number of nitrogens with one attached hydrogen (secondary N) is 2. The highest BCUT2D eigenvalue weighted by Crippen LogP contribution is 2.19. The van der Waals surface area contributed by atoms with Crippen molar-refractivity contribution in [2.75, 3.05) is 16.4 Å². The van der Waals surface area contributed by atoms with E-state index in [-0.39, 0.29) is 5.91 Å². The van der Waals surface area contributed by atoms with Crippen molar-refractivity contribution in [2.45, 2.75) is 26.8 Å². The Balaban J connectivity index is 2.17. The Morgan fingerprint density at radius 3 is 2.38 bits per heavy atom. The maximum Gasteiger partial charge on any atom is 0.255 e. The molecule has 0 radical (unpaired) electrons. The van der Waals surface area contributed by atoms with Crippen molar-refractivity contribution in [1.82, 2.24) is 0 Å². The molecular weight excluding hydrogens is 262 g/mol. The third-order valence-electron chi connectivity index (χ3n) is 3.11. The van der Waals surface area contributed by atoms with Crippen LogP contribution >= 0.6 is 0 Å². The number of carbonyl (C=O) groups excluding carboxylic acids is 1. The summed E-state index contributed by atoms with van der Waals surface area (Å²) >= 11 is 0. The molecule has 0 heterocycles. The van der Waals surface area contributed by atoms with E-state index >= 15 is 0 Å². The van der Waals surface area contributed by atoms with Gasteiger partial charge < -0.3 is 16.4 Å².